The number of thiocarbonyl (C=S) groups is 1. The van der Waals surface area contributed by atoms with Gasteiger partial charge in [0.1, 0.15) is 17.4 Å². The van der Waals surface area contributed by atoms with Crippen LogP contribution in [0.4, 0.5) is 33.3 Å². The van der Waals surface area contributed by atoms with Crippen LogP contribution in [0.15, 0.2) is 42.5 Å². The first-order valence-electron chi connectivity index (χ1n) is 6.12. The van der Waals surface area contributed by atoms with E-state index in [1.54, 1.807) is 0 Å². The number of halogens is 5. The Morgan fingerprint density at radius 1 is 0.957 bits per heavy atom. The molecule has 9 heteroatoms. The van der Waals surface area contributed by atoms with E-state index in [2.05, 4.69) is 15.4 Å². The topological polar surface area (TPSA) is 33.3 Å². The van der Waals surface area contributed by atoms with Gasteiger partial charge in [0.25, 0.3) is 0 Å². The van der Waals surface area contributed by atoms with Crippen molar-refractivity contribution in [1.29, 1.82) is 0 Å². The molecule has 0 aliphatic heterocycles. The summed E-state index contributed by atoms with van der Waals surface area (Å²) in [5.74, 6) is -1.94. The van der Waals surface area contributed by atoms with Crippen molar-refractivity contribution >= 4 is 28.7 Å². The summed E-state index contributed by atoms with van der Waals surface area (Å²) in [6, 6.07) is 7.70. The lowest BCUT2D eigenvalue weighted by molar-refractivity contribution is -0.274. The van der Waals surface area contributed by atoms with Crippen molar-refractivity contribution in [2.75, 3.05) is 10.6 Å². The predicted molar refractivity (Wildman–Crippen MR) is 79.3 cm³/mol. The molecule has 0 fully saturated rings. The molecule has 0 spiro atoms. The van der Waals surface area contributed by atoms with E-state index in [0.29, 0.717) is 11.8 Å². The van der Waals surface area contributed by atoms with E-state index in [-0.39, 0.29) is 16.5 Å². The van der Waals surface area contributed by atoms with Crippen LogP contribution in [0.1, 0.15) is 0 Å². The average Bonchev–Trinajstić information content (AvgIpc) is 2.42. The van der Waals surface area contributed by atoms with Crippen molar-refractivity contribution < 1.29 is 26.7 Å². The number of hydrogen-bond acceptors (Lipinski definition) is 2. The fourth-order valence-electron chi connectivity index (χ4n) is 1.62. The zero-order valence-electron chi connectivity index (χ0n) is 11.2. The molecule has 0 bridgehead atoms. The van der Waals surface area contributed by atoms with Crippen LogP contribution in [0.25, 0.3) is 0 Å². The summed E-state index contributed by atoms with van der Waals surface area (Å²) in [7, 11) is 0. The number of hydrogen-bond donors (Lipinski definition) is 2. The number of ether oxygens (including phenoxy) is 1. The minimum atomic E-state index is -4.77. The summed E-state index contributed by atoms with van der Waals surface area (Å²) in [6.07, 6.45) is -4.77. The van der Waals surface area contributed by atoms with Gasteiger partial charge in [0.15, 0.2) is 5.11 Å². The van der Waals surface area contributed by atoms with Gasteiger partial charge in [-0.2, -0.15) is 0 Å². The first-order valence-corrected chi connectivity index (χ1v) is 6.52. The van der Waals surface area contributed by atoms with E-state index in [4.69, 9.17) is 12.2 Å². The first-order chi connectivity index (χ1) is 10.7. The molecule has 0 amide bonds. The summed E-state index contributed by atoms with van der Waals surface area (Å²) in [6.45, 7) is 0. The van der Waals surface area contributed by atoms with Crippen molar-refractivity contribution in [3.63, 3.8) is 0 Å². The Labute approximate surface area is 133 Å². The van der Waals surface area contributed by atoms with E-state index >= 15 is 0 Å². The SMILES string of the molecule is Fc1ccc(NC(=S)Nc2ccc(OC(F)(F)F)cc2)c(F)c1. The van der Waals surface area contributed by atoms with Gasteiger partial charge in [-0.15, -0.1) is 13.2 Å². The summed E-state index contributed by atoms with van der Waals surface area (Å²) in [5, 5.41) is 5.14. The Morgan fingerprint density at radius 3 is 2.17 bits per heavy atom. The van der Waals surface area contributed by atoms with Gasteiger partial charge >= 0.3 is 6.36 Å². The van der Waals surface area contributed by atoms with Gasteiger partial charge in [0.05, 0.1) is 5.69 Å². The second-order valence-electron chi connectivity index (χ2n) is 4.28. The van der Waals surface area contributed by atoms with Crippen LogP contribution in [0.5, 0.6) is 5.75 Å². The first kappa shape index (κ1) is 16.9. The van der Waals surface area contributed by atoms with Crippen LogP contribution in [0.2, 0.25) is 0 Å². The third kappa shape index (κ3) is 5.37. The lowest BCUT2D eigenvalue weighted by Crippen LogP contribution is -2.20. The van der Waals surface area contributed by atoms with Crippen molar-refractivity contribution in [1.82, 2.24) is 0 Å². The number of nitrogens with one attached hydrogen (secondary N) is 2. The minimum absolute atomic E-state index is 0.0139. The molecule has 0 aliphatic rings. The molecule has 2 aromatic rings. The maximum atomic E-state index is 13.4. The van der Waals surface area contributed by atoms with E-state index in [1.807, 2.05) is 0 Å². The molecule has 23 heavy (non-hydrogen) atoms. The standard InChI is InChI=1S/C14H9F5N2OS/c15-8-1-6-12(11(16)7-8)21-13(23)20-9-2-4-10(5-3-9)22-14(17,18)19/h1-7H,(H2,20,21,23). The summed E-state index contributed by atoms with van der Waals surface area (Å²) < 4.78 is 66.0. The van der Waals surface area contributed by atoms with Crippen LogP contribution >= 0.6 is 12.2 Å². The van der Waals surface area contributed by atoms with E-state index in [0.717, 1.165) is 18.2 Å². The average molecular weight is 348 g/mol. The summed E-state index contributed by atoms with van der Waals surface area (Å²) in [5.41, 5.74) is 0.320. The van der Waals surface area contributed by atoms with Crippen LogP contribution < -0.4 is 15.4 Å². The molecule has 0 unspecified atom stereocenters. The van der Waals surface area contributed by atoms with Crippen LogP contribution in [-0.2, 0) is 0 Å². The van der Waals surface area contributed by atoms with Gasteiger partial charge in [-0.3, -0.25) is 0 Å². The number of anilines is 2. The second-order valence-corrected chi connectivity index (χ2v) is 4.68. The third-order valence-corrected chi connectivity index (χ3v) is 2.73. The van der Waals surface area contributed by atoms with Gasteiger partial charge in [0.2, 0.25) is 0 Å². The molecule has 0 radical (unpaired) electrons. The van der Waals surface area contributed by atoms with Crippen molar-refractivity contribution in [3.8, 4) is 5.75 Å². The van der Waals surface area contributed by atoms with Gasteiger partial charge in [-0.1, -0.05) is 0 Å². The summed E-state index contributed by atoms with van der Waals surface area (Å²) >= 11 is 4.94. The number of rotatable bonds is 3. The number of alkyl halides is 3. The highest BCUT2D eigenvalue weighted by molar-refractivity contribution is 7.80. The maximum Gasteiger partial charge on any atom is 0.573 e. The smallest absolute Gasteiger partial charge is 0.406 e. The Bertz CT molecular complexity index is 703. The highest BCUT2D eigenvalue weighted by Gasteiger charge is 2.30. The van der Waals surface area contributed by atoms with Gasteiger partial charge in [0, 0.05) is 11.8 Å². The molecule has 0 atom stereocenters. The molecule has 2 rings (SSSR count). The van der Waals surface area contributed by atoms with E-state index in [9.17, 15) is 22.0 Å². The van der Waals surface area contributed by atoms with Gasteiger partial charge in [-0.25, -0.2) is 8.78 Å². The predicted octanol–water partition coefficient (Wildman–Crippen LogP) is 4.67. The monoisotopic (exact) mass is 348 g/mol. The molecule has 0 aromatic heterocycles. The van der Waals surface area contributed by atoms with Gasteiger partial charge in [-0.05, 0) is 48.6 Å². The molecule has 0 aliphatic carbocycles. The van der Waals surface area contributed by atoms with Crippen molar-refractivity contribution in [2.24, 2.45) is 0 Å². The molecule has 2 aromatic carbocycles. The van der Waals surface area contributed by atoms with Gasteiger partial charge < -0.3 is 15.4 Å². The van der Waals surface area contributed by atoms with E-state index in [1.165, 1.54) is 18.2 Å². The quantitative estimate of drug-likeness (QED) is 0.624. The molecule has 122 valence electrons. The maximum absolute atomic E-state index is 13.4. The Morgan fingerprint density at radius 2 is 1.61 bits per heavy atom. The normalized spacial score (nSPS) is 11.0. The molecule has 3 nitrogen and oxygen atoms in total. The molecule has 0 saturated heterocycles. The zero-order chi connectivity index (χ0) is 17.0. The lowest BCUT2D eigenvalue weighted by atomic mass is 10.3. The number of benzene rings is 2. The molecular weight excluding hydrogens is 339 g/mol. The minimum Gasteiger partial charge on any atom is -0.406 e. The Balaban J connectivity index is 1.97. The highest BCUT2D eigenvalue weighted by atomic mass is 32.1. The largest absolute Gasteiger partial charge is 0.573 e. The van der Waals surface area contributed by atoms with Crippen molar-refractivity contribution in [2.45, 2.75) is 6.36 Å². The Kier molecular flexibility index (Phi) is 4.99. The lowest BCUT2D eigenvalue weighted by Gasteiger charge is -2.12. The second kappa shape index (κ2) is 6.78. The molecule has 0 heterocycles. The molecule has 0 saturated carbocycles. The van der Waals surface area contributed by atoms with Crippen molar-refractivity contribution in [3.05, 3.63) is 54.1 Å². The van der Waals surface area contributed by atoms with Crippen LogP contribution in [0.3, 0.4) is 0 Å². The molecule has 2 N–H and O–H groups in total. The highest BCUT2D eigenvalue weighted by Crippen LogP contribution is 2.24. The van der Waals surface area contributed by atoms with Crippen LogP contribution in [-0.4, -0.2) is 11.5 Å². The zero-order valence-corrected chi connectivity index (χ0v) is 12.1. The Hall–Kier alpha value is -2.42. The molecular formula is C14H9F5N2OS. The third-order valence-electron chi connectivity index (χ3n) is 2.53. The fourth-order valence-corrected chi connectivity index (χ4v) is 1.84. The summed E-state index contributed by atoms with van der Waals surface area (Å²) in [4.78, 5) is 0. The fraction of sp³-hybridized carbons (Fsp3) is 0.0714. The van der Waals surface area contributed by atoms with Crippen LogP contribution in [0, 0.1) is 11.6 Å². The van der Waals surface area contributed by atoms with E-state index < -0.39 is 18.0 Å².